The summed E-state index contributed by atoms with van der Waals surface area (Å²) in [5, 5.41) is 1.44. The van der Waals surface area contributed by atoms with E-state index in [9.17, 15) is 0 Å². The van der Waals surface area contributed by atoms with Crippen LogP contribution < -0.4 is 0 Å². The quantitative estimate of drug-likeness (QED) is 0.293. The van der Waals surface area contributed by atoms with Crippen molar-refractivity contribution < 1.29 is 0 Å². The molecule has 0 aromatic carbocycles. The molecule has 0 spiro atoms. The van der Waals surface area contributed by atoms with E-state index in [0.717, 1.165) is 0 Å². The van der Waals surface area contributed by atoms with Crippen LogP contribution in [0.4, 0.5) is 0 Å². The molecule has 0 saturated heterocycles. The second-order valence-corrected chi connectivity index (χ2v) is 6.60. The van der Waals surface area contributed by atoms with Gasteiger partial charge in [0.15, 0.2) is 0 Å². The minimum atomic E-state index is 1.37. The first kappa shape index (κ1) is 17.6. The van der Waals surface area contributed by atoms with Crippen LogP contribution in [-0.2, 0) is 0 Å². The van der Waals surface area contributed by atoms with E-state index in [1.165, 1.54) is 95.1 Å². The van der Waals surface area contributed by atoms with Crippen molar-refractivity contribution in [2.75, 3.05) is 0 Å². The average Bonchev–Trinajstić information content (AvgIpc) is 2.35. The van der Waals surface area contributed by atoms with Crippen molar-refractivity contribution in [3.05, 3.63) is 0 Å². The Bertz CT molecular complexity index is 109. The SMILES string of the molecule is CCCCCCCCCCCCCCCC[AsH2]. The van der Waals surface area contributed by atoms with Gasteiger partial charge in [-0.1, -0.05) is 26.2 Å². The van der Waals surface area contributed by atoms with E-state index in [0.29, 0.717) is 0 Å². The van der Waals surface area contributed by atoms with Gasteiger partial charge >= 0.3 is 92.7 Å². The van der Waals surface area contributed by atoms with Crippen LogP contribution in [0.1, 0.15) is 96.8 Å². The van der Waals surface area contributed by atoms with E-state index >= 15 is 0 Å². The summed E-state index contributed by atoms with van der Waals surface area (Å²) in [6.45, 7) is 2.29. The summed E-state index contributed by atoms with van der Waals surface area (Å²) in [4.78, 5) is 0. The van der Waals surface area contributed by atoms with E-state index in [2.05, 4.69) is 6.92 Å². The molecule has 0 fully saturated rings. The van der Waals surface area contributed by atoms with E-state index in [4.69, 9.17) is 0 Å². The van der Waals surface area contributed by atoms with Crippen LogP contribution in [0, 0.1) is 0 Å². The van der Waals surface area contributed by atoms with Gasteiger partial charge in [0.1, 0.15) is 0 Å². The second-order valence-electron chi connectivity index (χ2n) is 5.38. The fourth-order valence-corrected chi connectivity index (χ4v) is 2.94. The van der Waals surface area contributed by atoms with Crippen molar-refractivity contribution in [2.24, 2.45) is 0 Å². The van der Waals surface area contributed by atoms with Crippen LogP contribution in [0.3, 0.4) is 0 Å². The van der Waals surface area contributed by atoms with Gasteiger partial charge in [0.05, 0.1) is 0 Å². The number of rotatable bonds is 14. The molecule has 17 heavy (non-hydrogen) atoms. The van der Waals surface area contributed by atoms with Gasteiger partial charge in [0.25, 0.3) is 0 Å². The van der Waals surface area contributed by atoms with E-state index in [-0.39, 0.29) is 0 Å². The Hall–Kier alpha value is 0.558. The summed E-state index contributed by atoms with van der Waals surface area (Å²) in [7, 11) is 0. The van der Waals surface area contributed by atoms with Crippen LogP contribution in [0.2, 0.25) is 5.21 Å². The third-order valence-electron chi connectivity index (χ3n) is 3.56. The molecule has 0 amide bonds. The normalized spacial score (nSPS) is 10.9. The zero-order chi connectivity index (χ0) is 12.6. The second kappa shape index (κ2) is 16.6. The fourth-order valence-electron chi connectivity index (χ4n) is 2.34. The maximum atomic E-state index is 2.29. The van der Waals surface area contributed by atoms with Crippen molar-refractivity contribution in [1.29, 1.82) is 0 Å². The van der Waals surface area contributed by atoms with Crippen molar-refractivity contribution in [2.45, 2.75) is 102 Å². The summed E-state index contributed by atoms with van der Waals surface area (Å²) in [5.74, 6) is 0. The van der Waals surface area contributed by atoms with Gasteiger partial charge in [-0.05, 0) is 0 Å². The Labute approximate surface area is 119 Å². The first-order chi connectivity index (χ1) is 8.41. The van der Waals surface area contributed by atoms with E-state index in [1.807, 2.05) is 16.9 Å². The van der Waals surface area contributed by atoms with Crippen LogP contribution in [0.15, 0.2) is 0 Å². The van der Waals surface area contributed by atoms with E-state index < -0.39 is 0 Å². The van der Waals surface area contributed by atoms with Gasteiger partial charge in [0, 0.05) is 0 Å². The number of hydrogen-bond donors (Lipinski definition) is 0. The molecule has 0 aliphatic rings. The Kier molecular flexibility index (Phi) is 17.1. The Morgan fingerprint density at radius 1 is 0.471 bits per heavy atom. The molecule has 1 heteroatoms. The molecule has 0 saturated carbocycles. The topological polar surface area (TPSA) is 0 Å². The van der Waals surface area contributed by atoms with Crippen LogP contribution in [-0.4, -0.2) is 16.9 Å². The molecule has 0 rings (SSSR count). The van der Waals surface area contributed by atoms with Gasteiger partial charge in [0.2, 0.25) is 0 Å². The zero-order valence-electron chi connectivity index (χ0n) is 12.2. The first-order valence-electron chi connectivity index (χ1n) is 8.12. The van der Waals surface area contributed by atoms with Gasteiger partial charge in [-0.15, -0.1) is 0 Å². The molecular weight excluding hydrogens is 267 g/mol. The average molecular weight is 302 g/mol. The van der Waals surface area contributed by atoms with Crippen molar-refractivity contribution in [3.63, 3.8) is 0 Å². The predicted octanol–water partition coefficient (Wildman–Crippen LogP) is 5.52. The Morgan fingerprint density at radius 2 is 0.765 bits per heavy atom. The molecule has 1 unspecified atom stereocenters. The maximum absolute atomic E-state index is 2.29. The fraction of sp³-hybridized carbons (Fsp3) is 1.00. The van der Waals surface area contributed by atoms with Crippen molar-refractivity contribution >= 4 is 16.9 Å². The predicted molar refractivity (Wildman–Crippen MR) is 83.7 cm³/mol. The molecule has 104 valence electrons. The molecule has 0 aromatic heterocycles. The monoisotopic (exact) mass is 302 g/mol. The molecule has 0 aromatic rings. The van der Waals surface area contributed by atoms with Crippen LogP contribution in [0.25, 0.3) is 0 Å². The molecule has 0 aliphatic heterocycles. The standard InChI is InChI=1S/C16H35As/c1-2-3-4-5-6-7-8-9-10-11-12-13-14-15-16-17/h2-17H2,1H3. The minimum absolute atomic E-state index is 1.37. The molecule has 0 heterocycles. The van der Waals surface area contributed by atoms with Gasteiger partial charge in [-0.3, -0.25) is 0 Å². The third-order valence-corrected chi connectivity index (χ3v) is 4.41. The van der Waals surface area contributed by atoms with Crippen LogP contribution >= 0.6 is 0 Å². The van der Waals surface area contributed by atoms with Gasteiger partial charge < -0.3 is 0 Å². The summed E-state index contributed by atoms with van der Waals surface area (Å²) < 4.78 is 0. The summed E-state index contributed by atoms with van der Waals surface area (Å²) in [6, 6.07) is 0. The third kappa shape index (κ3) is 16.6. The Morgan fingerprint density at radius 3 is 1.06 bits per heavy atom. The molecule has 1 atom stereocenters. The number of unbranched alkanes of at least 4 members (excludes halogenated alkanes) is 13. The van der Waals surface area contributed by atoms with Crippen molar-refractivity contribution in [3.8, 4) is 0 Å². The number of hydrogen-bond acceptors (Lipinski definition) is 0. The molecule has 0 bridgehead atoms. The molecule has 0 N–H and O–H groups in total. The van der Waals surface area contributed by atoms with E-state index in [1.54, 1.807) is 0 Å². The van der Waals surface area contributed by atoms with Gasteiger partial charge in [-0.25, -0.2) is 0 Å². The summed E-state index contributed by atoms with van der Waals surface area (Å²) in [5.41, 5.74) is 0. The zero-order valence-corrected chi connectivity index (χ0v) is 14.6. The Balaban J connectivity index is 2.85. The molecule has 0 nitrogen and oxygen atoms in total. The first-order valence-corrected chi connectivity index (χ1v) is 9.83. The van der Waals surface area contributed by atoms with Crippen LogP contribution in [0.5, 0.6) is 0 Å². The van der Waals surface area contributed by atoms with Gasteiger partial charge in [-0.2, -0.15) is 0 Å². The van der Waals surface area contributed by atoms with Crippen molar-refractivity contribution in [1.82, 2.24) is 0 Å². The summed E-state index contributed by atoms with van der Waals surface area (Å²) in [6.07, 6.45) is 20.6. The molecule has 0 radical (unpaired) electrons. The molecule has 0 aliphatic carbocycles. The molecular formula is C16H35As. The summed E-state index contributed by atoms with van der Waals surface area (Å²) >= 11 is 1.90.